The number of nitrogens with zero attached hydrogens (tertiary/aromatic N) is 2. The lowest BCUT2D eigenvalue weighted by Crippen LogP contribution is -2.37. The molecular formula is C17H18F2N4O2. The molecule has 2 aromatic heterocycles. The van der Waals surface area contributed by atoms with Gasteiger partial charge < -0.3 is 15.1 Å². The number of halogens is 2. The van der Waals surface area contributed by atoms with Gasteiger partial charge in [0.25, 0.3) is 0 Å². The van der Waals surface area contributed by atoms with E-state index in [2.05, 4.69) is 15.6 Å². The molecule has 1 aromatic carbocycles. The van der Waals surface area contributed by atoms with Gasteiger partial charge in [0, 0.05) is 43.7 Å². The summed E-state index contributed by atoms with van der Waals surface area (Å²) in [5, 5.41) is 6.35. The van der Waals surface area contributed by atoms with Crippen LogP contribution in [0.15, 0.2) is 47.1 Å². The fourth-order valence-electron chi connectivity index (χ4n) is 2.52. The summed E-state index contributed by atoms with van der Waals surface area (Å²) in [7, 11) is 0. The first-order valence-electron chi connectivity index (χ1n) is 7.92. The summed E-state index contributed by atoms with van der Waals surface area (Å²) in [4.78, 5) is 15.6. The molecule has 0 bridgehead atoms. The Kier molecular flexibility index (Phi) is 5.27. The van der Waals surface area contributed by atoms with Gasteiger partial charge in [-0.1, -0.05) is 18.2 Å². The van der Waals surface area contributed by atoms with E-state index in [1.807, 2.05) is 30.3 Å². The van der Waals surface area contributed by atoms with Crippen LogP contribution in [0.3, 0.4) is 0 Å². The number of carbonyl (C=O) groups is 1. The number of imidazole rings is 1. The van der Waals surface area contributed by atoms with Gasteiger partial charge in [-0.3, -0.25) is 4.57 Å². The van der Waals surface area contributed by atoms with E-state index in [1.165, 1.54) is 12.4 Å². The van der Waals surface area contributed by atoms with E-state index in [1.54, 1.807) is 0 Å². The average molecular weight is 348 g/mol. The number of benzene rings is 1. The zero-order valence-electron chi connectivity index (χ0n) is 13.4. The highest BCUT2D eigenvalue weighted by Crippen LogP contribution is 2.18. The third-order valence-corrected chi connectivity index (χ3v) is 3.73. The van der Waals surface area contributed by atoms with Crippen molar-refractivity contribution in [3.63, 3.8) is 0 Å². The molecule has 8 heteroatoms. The van der Waals surface area contributed by atoms with Crippen molar-refractivity contribution in [3.8, 4) is 0 Å². The summed E-state index contributed by atoms with van der Waals surface area (Å²) in [6, 6.07) is 9.28. The van der Waals surface area contributed by atoms with Crippen LogP contribution in [-0.2, 0) is 12.8 Å². The van der Waals surface area contributed by atoms with Crippen molar-refractivity contribution in [2.24, 2.45) is 0 Å². The second kappa shape index (κ2) is 7.78. The molecule has 25 heavy (non-hydrogen) atoms. The third kappa shape index (κ3) is 4.34. The van der Waals surface area contributed by atoms with Crippen LogP contribution in [0.25, 0.3) is 11.0 Å². The maximum absolute atomic E-state index is 12.7. The Morgan fingerprint density at radius 2 is 1.96 bits per heavy atom. The fourth-order valence-corrected chi connectivity index (χ4v) is 2.52. The molecule has 0 unspecified atom stereocenters. The molecule has 2 amide bonds. The molecule has 0 spiro atoms. The molecule has 6 nitrogen and oxygen atoms in total. The molecule has 0 fully saturated rings. The number of para-hydroxylation sites is 1. The molecule has 3 aromatic rings. The van der Waals surface area contributed by atoms with Crippen molar-refractivity contribution in [1.29, 1.82) is 0 Å². The number of nitrogens with one attached hydrogen (secondary N) is 2. The van der Waals surface area contributed by atoms with Crippen LogP contribution in [0.2, 0.25) is 0 Å². The van der Waals surface area contributed by atoms with Crippen LogP contribution in [-0.4, -0.2) is 28.7 Å². The Morgan fingerprint density at radius 3 is 2.72 bits per heavy atom. The minimum Gasteiger partial charge on any atom is -0.461 e. The van der Waals surface area contributed by atoms with E-state index in [4.69, 9.17) is 4.42 Å². The van der Waals surface area contributed by atoms with Crippen LogP contribution in [0.4, 0.5) is 13.6 Å². The van der Waals surface area contributed by atoms with E-state index in [9.17, 15) is 13.6 Å². The largest absolute Gasteiger partial charge is 0.461 e. The van der Waals surface area contributed by atoms with E-state index in [0.29, 0.717) is 13.0 Å². The summed E-state index contributed by atoms with van der Waals surface area (Å²) >= 11 is 0. The van der Waals surface area contributed by atoms with Gasteiger partial charge in [0.05, 0.1) is 0 Å². The number of alkyl halides is 2. The number of fused-ring (bicyclic) bond motifs is 1. The van der Waals surface area contributed by atoms with Gasteiger partial charge in [0.1, 0.15) is 17.2 Å². The molecular weight excluding hydrogens is 330 g/mol. The summed E-state index contributed by atoms with van der Waals surface area (Å²) in [5.74, 6) is 1.03. The van der Waals surface area contributed by atoms with Gasteiger partial charge in [-0.25, -0.2) is 9.78 Å². The predicted octanol–water partition coefficient (Wildman–Crippen LogP) is 3.11. The van der Waals surface area contributed by atoms with Crippen LogP contribution < -0.4 is 10.6 Å². The molecule has 0 radical (unpaired) electrons. The van der Waals surface area contributed by atoms with Crippen molar-refractivity contribution < 1.29 is 18.0 Å². The van der Waals surface area contributed by atoms with Crippen LogP contribution >= 0.6 is 0 Å². The summed E-state index contributed by atoms with van der Waals surface area (Å²) in [5.41, 5.74) is 0.816. The lowest BCUT2D eigenvalue weighted by Gasteiger charge is -2.08. The SMILES string of the molecule is O=C(NCCc1cc2ccccc2o1)NCCc1nccn1C(F)F. The minimum absolute atomic E-state index is 0.222. The molecule has 0 saturated heterocycles. The Hall–Kier alpha value is -2.90. The van der Waals surface area contributed by atoms with E-state index >= 15 is 0 Å². The molecule has 2 N–H and O–H groups in total. The van der Waals surface area contributed by atoms with E-state index < -0.39 is 6.55 Å². The summed E-state index contributed by atoms with van der Waals surface area (Å²) in [6.07, 6.45) is 3.33. The Balaban J connectivity index is 1.38. The first-order valence-corrected chi connectivity index (χ1v) is 7.92. The van der Waals surface area contributed by atoms with E-state index in [-0.39, 0.29) is 24.8 Å². The molecule has 0 atom stereocenters. The van der Waals surface area contributed by atoms with Crippen molar-refractivity contribution in [2.75, 3.05) is 13.1 Å². The smallest absolute Gasteiger partial charge is 0.319 e. The predicted molar refractivity (Wildman–Crippen MR) is 88.5 cm³/mol. The van der Waals surface area contributed by atoms with Crippen molar-refractivity contribution >= 4 is 17.0 Å². The quantitative estimate of drug-likeness (QED) is 0.689. The first kappa shape index (κ1) is 16.9. The molecule has 2 heterocycles. The standard InChI is InChI=1S/C17H18F2N4O2/c18-16(19)23-10-9-20-15(23)6-8-22-17(24)21-7-5-13-11-12-3-1-2-4-14(12)25-13/h1-4,9-11,16H,5-8H2,(H2,21,22,24). The molecule has 0 aliphatic rings. The average Bonchev–Trinajstić information content (AvgIpc) is 3.20. The molecule has 0 aliphatic heterocycles. The van der Waals surface area contributed by atoms with E-state index in [0.717, 1.165) is 21.3 Å². The zero-order chi connectivity index (χ0) is 17.6. The lowest BCUT2D eigenvalue weighted by atomic mass is 10.2. The number of rotatable bonds is 7. The Bertz CT molecular complexity index is 811. The van der Waals surface area contributed by atoms with Gasteiger partial charge in [-0.2, -0.15) is 8.78 Å². The number of hydrogen-bond acceptors (Lipinski definition) is 3. The second-order valence-corrected chi connectivity index (χ2v) is 5.46. The highest BCUT2D eigenvalue weighted by atomic mass is 19.3. The fraction of sp³-hybridized carbons (Fsp3) is 0.294. The van der Waals surface area contributed by atoms with Gasteiger partial charge in [-0.15, -0.1) is 0 Å². The van der Waals surface area contributed by atoms with Gasteiger partial charge in [0.15, 0.2) is 0 Å². The van der Waals surface area contributed by atoms with Crippen LogP contribution in [0.1, 0.15) is 18.1 Å². The third-order valence-electron chi connectivity index (χ3n) is 3.73. The normalized spacial score (nSPS) is 11.2. The second-order valence-electron chi connectivity index (χ2n) is 5.46. The highest BCUT2D eigenvalue weighted by Gasteiger charge is 2.11. The number of urea groups is 1. The maximum atomic E-state index is 12.7. The number of aromatic nitrogens is 2. The molecule has 0 aliphatic carbocycles. The molecule has 132 valence electrons. The highest BCUT2D eigenvalue weighted by molar-refractivity contribution is 5.77. The van der Waals surface area contributed by atoms with Gasteiger partial charge in [-0.05, 0) is 12.1 Å². The zero-order valence-corrected chi connectivity index (χ0v) is 13.4. The van der Waals surface area contributed by atoms with Crippen molar-refractivity contribution in [2.45, 2.75) is 19.4 Å². The number of hydrogen-bond donors (Lipinski definition) is 2. The Morgan fingerprint density at radius 1 is 1.20 bits per heavy atom. The maximum Gasteiger partial charge on any atom is 0.319 e. The number of amides is 2. The first-order chi connectivity index (χ1) is 12.1. The van der Waals surface area contributed by atoms with Gasteiger partial charge >= 0.3 is 12.6 Å². The molecule has 3 rings (SSSR count). The van der Waals surface area contributed by atoms with Crippen LogP contribution in [0.5, 0.6) is 0 Å². The van der Waals surface area contributed by atoms with Crippen molar-refractivity contribution in [1.82, 2.24) is 20.2 Å². The minimum atomic E-state index is -2.63. The number of furan rings is 1. The lowest BCUT2D eigenvalue weighted by molar-refractivity contribution is 0.0670. The van der Waals surface area contributed by atoms with Gasteiger partial charge in [0.2, 0.25) is 0 Å². The summed E-state index contributed by atoms with van der Waals surface area (Å²) in [6.45, 7) is -1.99. The monoisotopic (exact) mass is 348 g/mol. The summed E-state index contributed by atoms with van der Waals surface area (Å²) < 4.78 is 31.8. The Labute approximate surface area is 142 Å². The van der Waals surface area contributed by atoms with Crippen LogP contribution in [0, 0.1) is 0 Å². The topological polar surface area (TPSA) is 72.1 Å². The van der Waals surface area contributed by atoms with Crippen molar-refractivity contribution in [3.05, 3.63) is 54.3 Å². The number of carbonyl (C=O) groups excluding carboxylic acids is 1. The molecule has 0 saturated carbocycles.